The van der Waals surface area contributed by atoms with Crippen LogP contribution < -0.4 is 36.2 Å². The van der Waals surface area contributed by atoms with Crippen LogP contribution in [0.3, 0.4) is 0 Å². The second-order valence-electron chi connectivity index (χ2n) is 11.7. The average Bonchev–Trinajstić information content (AvgIpc) is 3.68. The number of fused-ring (bicyclic) bond motifs is 8. The van der Waals surface area contributed by atoms with Gasteiger partial charge in [0.05, 0.1) is 0 Å². The molecule has 1 aliphatic carbocycles. The first-order valence-electron chi connectivity index (χ1n) is 14.6. The molecule has 4 atom stereocenters. The van der Waals surface area contributed by atoms with Crippen molar-refractivity contribution >= 4 is 70.6 Å². The molecule has 10 heteroatoms. The second kappa shape index (κ2) is 11.6. The summed E-state index contributed by atoms with van der Waals surface area (Å²) >= 11 is 0. The van der Waals surface area contributed by atoms with Crippen LogP contribution in [0.25, 0.3) is 41.0 Å². The van der Waals surface area contributed by atoms with Crippen LogP contribution in [0.15, 0.2) is 12.3 Å². The Morgan fingerprint density at radius 1 is 0.955 bits per heavy atom. The minimum absolute atomic E-state index is 0. The minimum Gasteiger partial charge on any atom is -0.681 e. The van der Waals surface area contributed by atoms with Crippen LogP contribution in [-0.2, 0) is 16.0 Å². The van der Waals surface area contributed by atoms with E-state index in [1.165, 1.54) is 0 Å². The largest absolute Gasteiger partial charge is 2.00 e. The number of nitrogens with zero attached hydrogens (tertiary/aromatic N) is 4. The number of aliphatic hydroxyl groups is 1. The van der Waals surface area contributed by atoms with Crippen molar-refractivity contribution in [2.45, 2.75) is 59.9 Å². The maximum atomic E-state index is 12.6. The third kappa shape index (κ3) is 4.75. The number of aliphatic hydroxyl groups excluding tert-OH is 1. The number of allylic oxidation sites excluding steroid dienone is 1. The summed E-state index contributed by atoms with van der Waals surface area (Å²) in [6.45, 7) is 13.9. The van der Waals surface area contributed by atoms with Crippen molar-refractivity contribution in [3.63, 3.8) is 0 Å². The molecular formula is C34H34MgN4O5-2. The van der Waals surface area contributed by atoms with Gasteiger partial charge in [-0.3, -0.25) is 9.59 Å². The van der Waals surface area contributed by atoms with Crippen molar-refractivity contribution in [2.75, 3.05) is 0 Å². The van der Waals surface area contributed by atoms with E-state index in [1.807, 2.05) is 45.9 Å². The molecular weight excluding hydrogens is 569 g/mol. The van der Waals surface area contributed by atoms with Gasteiger partial charge in [0.15, 0.2) is 0 Å². The van der Waals surface area contributed by atoms with E-state index in [0.717, 1.165) is 45.1 Å². The molecule has 1 unspecified atom stereocenters. The summed E-state index contributed by atoms with van der Waals surface area (Å²) in [6.07, 6.45) is 8.52. The number of hydrogen-bond donors (Lipinski definition) is 3. The van der Waals surface area contributed by atoms with Gasteiger partial charge in [-0.1, -0.05) is 78.6 Å². The number of hydrogen-bond acceptors (Lipinski definition) is 3. The second-order valence-corrected chi connectivity index (χ2v) is 11.7. The molecule has 224 valence electrons. The molecule has 44 heavy (non-hydrogen) atoms. The van der Waals surface area contributed by atoms with Crippen LogP contribution in [0.2, 0.25) is 0 Å². The molecule has 0 radical (unpaired) electrons. The SMILES string of the molecule is C=Cc1c2[n-]c(c1C)/C=C1\[N-]C(C3=c4[n-]c(c(C)c4=C(O)[C@@H]3C(=O)O)/C=c3\[n-]/c(c(C)c3CC)=C\2)[C@@H](CCC(=O)O)[C@@H]1C.[Mg+2]. The first-order chi connectivity index (χ1) is 20.5. The standard InChI is InChI=1S/C34H34N4O5.Mg/c1-7-18-14(3)21-11-23-16(5)20(9-10-27(39)40)31(37-23)29-30(34(42)43)33(41)28-17(6)24(38-32(28)29)13-26-19(8-2)15(4)22(36-26)12-25(18)35-21;/h7,11-13,16,20,30-31,41H,1,8-10H2,2-6H3,(H,39,40)(H,42,43);/q-4;+2/b22-12-,23-11-,26-13-;/t16-,20-,30+,31?;/m0./s1. The molecule has 1 fully saturated rings. The van der Waals surface area contributed by atoms with Crippen molar-refractivity contribution in [1.29, 1.82) is 0 Å². The third-order valence-electron chi connectivity index (χ3n) is 9.48. The van der Waals surface area contributed by atoms with Crippen LogP contribution in [0.5, 0.6) is 0 Å². The summed E-state index contributed by atoms with van der Waals surface area (Å²) in [5.74, 6) is -4.22. The van der Waals surface area contributed by atoms with Gasteiger partial charge in [-0.2, -0.15) is 5.70 Å². The van der Waals surface area contributed by atoms with Crippen LogP contribution in [0.4, 0.5) is 0 Å². The predicted octanol–water partition coefficient (Wildman–Crippen LogP) is 1.72. The normalized spacial score (nSPS) is 24.3. The van der Waals surface area contributed by atoms with Gasteiger partial charge in [0, 0.05) is 11.6 Å². The summed E-state index contributed by atoms with van der Waals surface area (Å²) in [6, 6.07) is -0.683. The third-order valence-corrected chi connectivity index (χ3v) is 9.48. The Kier molecular flexibility index (Phi) is 8.28. The maximum absolute atomic E-state index is 12.6. The van der Waals surface area contributed by atoms with Crippen LogP contribution >= 0.6 is 0 Å². The first kappa shape index (κ1) is 31.5. The Morgan fingerprint density at radius 3 is 2.27 bits per heavy atom. The first-order valence-corrected chi connectivity index (χ1v) is 14.6. The molecule has 2 aliphatic heterocycles. The number of carbonyl (C=O) groups is 2. The molecule has 9 nitrogen and oxygen atoms in total. The summed E-state index contributed by atoms with van der Waals surface area (Å²) < 4.78 is 0. The zero-order valence-corrected chi connectivity index (χ0v) is 27.0. The molecule has 6 rings (SSSR count). The topological polar surface area (TPSA) is 151 Å². The molecule has 5 heterocycles. The zero-order valence-electron chi connectivity index (χ0n) is 25.6. The fraction of sp³-hybridized carbons (Fsp3) is 0.353. The predicted molar refractivity (Wildman–Crippen MR) is 170 cm³/mol. The van der Waals surface area contributed by atoms with Gasteiger partial charge in [-0.15, -0.1) is 33.1 Å². The van der Waals surface area contributed by atoms with Crippen LogP contribution in [0, 0.1) is 38.5 Å². The van der Waals surface area contributed by atoms with Crippen molar-refractivity contribution in [3.8, 4) is 0 Å². The molecule has 0 spiro atoms. The summed E-state index contributed by atoms with van der Waals surface area (Å²) in [5, 5.41) is 38.7. The molecule has 3 aromatic heterocycles. The van der Waals surface area contributed by atoms with Crippen molar-refractivity contribution in [1.82, 2.24) is 15.0 Å². The Morgan fingerprint density at radius 2 is 1.64 bits per heavy atom. The molecule has 3 aliphatic rings. The maximum Gasteiger partial charge on any atom is 2.00 e. The fourth-order valence-corrected chi connectivity index (χ4v) is 7.10. The smallest absolute Gasteiger partial charge is 0.681 e. The van der Waals surface area contributed by atoms with Gasteiger partial charge in [-0.25, -0.2) is 0 Å². The van der Waals surface area contributed by atoms with E-state index in [2.05, 4.69) is 13.5 Å². The van der Waals surface area contributed by atoms with Crippen molar-refractivity contribution in [3.05, 3.63) is 83.8 Å². The van der Waals surface area contributed by atoms with Crippen molar-refractivity contribution in [2.24, 2.45) is 17.8 Å². The molecule has 0 saturated carbocycles. The van der Waals surface area contributed by atoms with E-state index in [9.17, 15) is 24.9 Å². The Bertz CT molecular complexity index is 2010. The Labute approximate surface area is 271 Å². The average molecular weight is 603 g/mol. The van der Waals surface area contributed by atoms with Crippen LogP contribution in [-0.4, -0.2) is 56.4 Å². The van der Waals surface area contributed by atoms with E-state index in [-0.39, 0.29) is 53.5 Å². The summed E-state index contributed by atoms with van der Waals surface area (Å²) in [4.78, 5) is 39.2. The van der Waals surface area contributed by atoms with Gasteiger partial charge in [0.25, 0.3) is 0 Å². The quantitative estimate of drug-likeness (QED) is 0.361. The van der Waals surface area contributed by atoms with Crippen molar-refractivity contribution < 1.29 is 24.9 Å². The van der Waals surface area contributed by atoms with E-state index in [1.54, 1.807) is 6.08 Å². The summed E-state index contributed by atoms with van der Waals surface area (Å²) in [7, 11) is 0. The fourth-order valence-electron chi connectivity index (χ4n) is 7.10. The minimum atomic E-state index is -1.32. The molecule has 8 bridgehead atoms. The van der Waals surface area contributed by atoms with E-state index in [4.69, 9.17) is 20.3 Å². The number of carboxylic acid groups (broad SMARTS) is 2. The van der Waals surface area contributed by atoms with E-state index >= 15 is 0 Å². The number of carboxylic acids is 2. The molecule has 3 N–H and O–H groups in total. The Balaban J connectivity index is 0.00000384. The number of aromatic nitrogens is 3. The van der Waals surface area contributed by atoms with Gasteiger partial charge in [0.1, 0.15) is 11.7 Å². The number of rotatable bonds is 6. The van der Waals surface area contributed by atoms with Gasteiger partial charge in [0.2, 0.25) is 0 Å². The van der Waals surface area contributed by atoms with Gasteiger partial charge >= 0.3 is 35.0 Å². The molecule has 0 aromatic carbocycles. The summed E-state index contributed by atoms with van der Waals surface area (Å²) in [5.41, 5.74) is 7.77. The zero-order chi connectivity index (χ0) is 30.9. The van der Waals surface area contributed by atoms with E-state index < -0.39 is 23.9 Å². The monoisotopic (exact) mass is 602 g/mol. The van der Waals surface area contributed by atoms with Gasteiger partial charge in [-0.05, 0) is 51.0 Å². The van der Waals surface area contributed by atoms with E-state index in [0.29, 0.717) is 38.8 Å². The molecule has 0 amide bonds. The number of aliphatic carboxylic acids is 2. The van der Waals surface area contributed by atoms with Gasteiger partial charge < -0.3 is 35.6 Å². The Hall–Kier alpha value is -3.89. The van der Waals surface area contributed by atoms with Crippen LogP contribution in [0.1, 0.15) is 71.6 Å². The molecule has 3 aromatic rings. The molecule has 1 saturated heterocycles.